The number of nitrogens with zero attached hydrogens (tertiary/aromatic N) is 2. The van der Waals surface area contributed by atoms with Crippen LogP contribution < -0.4 is 5.32 Å². The summed E-state index contributed by atoms with van der Waals surface area (Å²) in [6.45, 7) is 2.20. The zero-order valence-corrected chi connectivity index (χ0v) is 20.5. The molecule has 2 heterocycles. The van der Waals surface area contributed by atoms with E-state index in [1.807, 2.05) is 0 Å². The normalized spacial score (nSPS) is 28.8. The second kappa shape index (κ2) is 10.4. The number of nitrogens with one attached hydrogen (secondary N) is 1. The van der Waals surface area contributed by atoms with E-state index in [9.17, 15) is 20.0 Å². The second-order valence-electron chi connectivity index (χ2n) is 9.14. The van der Waals surface area contributed by atoms with Crippen molar-refractivity contribution in [3.8, 4) is 0 Å². The summed E-state index contributed by atoms with van der Waals surface area (Å²) in [5, 5.41) is 25.7. The highest BCUT2D eigenvalue weighted by atomic mass is 35.5. The molecule has 2 aromatic rings. The molecule has 2 aliphatic heterocycles. The molecule has 5 atom stereocenters. The highest BCUT2D eigenvalue weighted by Crippen LogP contribution is 2.49. The molecule has 0 bridgehead atoms. The molecule has 2 N–H and O–H groups in total. The van der Waals surface area contributed by atoms with Crippen LogP contribution in [-0.2, 0) is 9.53 Å². The van der Waals surface area contributed by atoms with Crippen molar-refractivity contribution in [2.75, 3.05) is 31.7 Å². The molecule has 2 aliphatic rings. The Morgan fingerprint density at radius 2 is 2.09 bits per heavy atom. The van der Waals surface area contributed by atoms with Crippen LogP contribution in [0.4, 0.5) is 10.1 Å². The summed E-state index contributed by atoms with van der Waals surface area (Å²) < 4.78 is 20.8. The third-order valence-electron chi connectivity index (χ3n) is 7.11. The molecule has 0 spiro atoms. The van der Waals surface area contributed by atoms with Gasteiger partial charge in [-0.3, -0.25) is 19.8 Å². The SMILES string of the molecule is C[C@]1(C(=O)Nc2cccc(Cl)c2)[C@@H](c2cccc(Cl)c2F)[C@H]([N+](=O)[O-])[C@H](CO)N1CC1CCOC1. The van der Waals surface area contributed by atoms with Crippen LogP contribution in [0.5, 0.6) is 0 Å². The van der Waals surface area contributed by atoms with Crippen molar-refractivity contribution < 1.29 is 24.0 Å². The summed E-state index contributed by atoms with van der Waals surface area (Å²) in [7, 11) is 0. The number of aliphatic hydroxyl groups excluding tert-OH is 1. The van der Waals surface area contributed by atoms with E-state index in [1.54, 1.807) is 36.1 Å². The molecule has 1 amide bonds. The molecule has 2 saturated heterocycles. The van der Waals surface area contributed by atoms with Gasteiger partial charge in [-0.1, -0.05) is 41.4 Å². The van der Waals surface area contributed by atoms with E-state index >= 15 is 4.39 Å². The number of hydrogen-bond acceptors (Lipinski definition) is 6. The predicted molar refractivity (Wildman–Crippen MR) is 130 cm³/mol. The maximum absolute atomic E-state index is 15.3. The third kappa shape index (κ3) is 4.75. The predicted octanol–water partition coefficient (Wildman–Crippen LogP) is 3.97. The second-order valence-corrected chi connectivity index (χ2v) is 9.98. The summed E-state index contributed by atoms with van der Waals surface area (Å²) in [4.78, 5) is 27.4. The summed E-state index contributed by atoms with van der Waals surface area (Å²) >= 11 is 12.1. The van der Waals surface area contributed by atoms with Gasteiger partial charge < -0.3 is 15.2 Å². The molecule has 0 aliphatic carbocycles. The summed E-state index contributed by atoms with van der Waals surface area (Å²) in [6, 6.07) is 8.24. The Balaban J connectivity index is 1.87. The van der Waals surface area contributed by atoms with Gasteiger partial charge in [-0.2, -0.15) is 0 Å². The standard InChI is InChI=1S/C24H26Cl2FN3O5/c1-24(23(32)28-16-5-2-4-15(25)10-16)20(17-6-3-7-18(26)21(17)27)22(30(33)34)19(12-31)29(24)11-14-8-9-35-13-14/h2-7,10,14,19-20,22,31H,8-9,11-13H2,1H3,(H,28,32)/t14?,19-,20-,22+,24+/m0/s1. The van der Waals surface area contributed by atoms with Crippen LogP contribution in [-0.4, -0.2) is 64.8 Å². The molecule has 0 aromatic heterocycles. The molecule has 0 saturated carbocycles. The maximum Gasteiger partial charge on any atom is 0.245 e. The quantitative estimate of drug-likeness (QED) is 0.418. The van der Waals surface area contributed by atoms with Crippen LogP contribution in [0.25, 0.3) is 0 Å². The number of amides is 1. The topological polar surface area (TPSA) is 105 Å². The Hall–Kier alpha value is -2.30. The van der Waals surface area contributed by atoms with Gasteiger partial charge in [0.25, 0.3) is 0 Å². The van der Waals surface area contributed by atoms with Gasteiger partial charge >= 0.3 is 0 Å². The highest BCUT2D eigenvalue weighted by molar-refractivity contribution is 6.31. The Kier molecular flexibility index (Phi) is 7.63. The molecule has 11 heteroatoms. The zero-order valence-electron chi connectivity index (χ0n) is 19.0. The van der Waals surface area contributed by atoms with E-state index in [1.165, 1.54) is 18.2 Å². The van der Waals surface area contributed by atoms with Crippen LogP contribution in [0, 0.1) is 21.8 Å². The average molecular weight is 526 g/mol. The van der Waals surface area contributed by atoms with E-state index in [0.29, 0.717) is 30.3 Å². The molecule has 0 radical (unpaired) electrons. The average Bonchev–Trinajstić information content (AvgIpc) is 3.41. The minimum atomic E-state index is -1.61. The number of ether oxygens (including phenoxy) is 1. The molecular weight excluding hydrogens is 500 g/mol. The van der Waals surface area contributed by atoms with Gasteiger partial charge in [0.05, 0.1) is 24.2 Å². The molecule has 1 unspecified atom stereocenters. The van der Waals surface area contributed by atoms with E-state index in [-0.39, 0.29) is 23.0 Å². The first-order valence-corrected chi connectivity index (χ1v) is 12.0. The number of rotatable bonds is 7. The summed E-state index contributed by atoms with van der Waals surface area (Å²) in [5.41, 5.74) is -1.27. The van der Waals surface area contributed by atoms with Gasteiger partial charge in [-0.15, -0.1) is 0 Å². The Morgan fingerprint density at radius 1 is 1.34 bits per heavy atom. The summed E-state index contributed by atoms with van der Waals surface area (Å²) in [5.74, 6) is -2.64. The minimum Gasteiger partial charge on any atom is -0.394 e. The number of hydrogen-bond donors (Lipinski definition) is 2. The van der Waals surface area contributed by atoms with E-state index in [4.69, 9.17) is 27.9 Å². The van der Waals surface area contributed by atoms with Crippen molar-refractivity contribution in [2.45, 2.75) is 36.9 Å². The lowest BCUT2D eigenvalue weighted by atomic mass is 9.77. The van der Waals surface area contributed by atoms with Gasteiger partial charge in [-0.05, 0) is 43.5 Å². The lowest BCUT2D eigenvalue weighted by molar-refractivity contribution is -0.528. The first-order valence-electron chi connectivity index (χ1n) is 11.3. The lowest BCUT2D eigenvalue weighted by Gasteiger charge is -2.39. The number of carbonyl (C=O) groups is 1. The van der Waals surface area contributed by atoms with Crippen LogP contribution in [0.1, 0.15) is 24.8 Å². The first-order chi connectivity index (χ1) is 16.7. The molecule has 188 valence electrons. The van der Waals surface area contributed by atoms with Gasteiger partial charge in [-0.25, -0.2) is 4.39 Å². The number of halogens is 3. The Bertz CT molecular complexity index is 1120. The molecule has 8 nitrogen and oxygen atoms in total. The fourth-order valence-corrected chi connectivity index (χ4v) is 5.78. The number of aliphatic hydroxyl groups is 1. The van der Waals surface area contributed by atoms with Gasteiger partial charge in [0, 0.05) is 34.3 Å². The zero-order chi connectivity index (χ0) is 25.3. The first kappa shape index (κ1) is 25.8. The van der Waals surface area contributed by atoms with Crippen LogP contribution in [0.3, 0.4) is 0 Å². The maximum atomic E-state index is 15.3. The molecule has 2 fully saturated rings. The molecule has 35 heavy (non-hydrogen) atoms. The van der Waals surface area contributed by atoms with Crippen molar-refractivity contribution in [2.24, 2.45) is 5.92 Å². The van der Waals surface area contributed by atoms with Crippen LogP contribution in [0.2, 0.25) is 10.0 Å². The van der Waals surface area contributed by atoms with Crippen molar-refractivity contribution >= 4 is 34.8 Å². The molecule has 4 rings (SSSR count). The number of carbonyl (C=O) groups excluding carboxylic acids is 1. The number of benzene rings is 2. The van der Waals surface area contributed by atoms with Gasteiger partial charge in [0.15, 0.2) is 0 Å². The fourth-order valence-electron chi connectivity index (χ4n) is 5.40. The largest absolute Gasteiger partial charge is 0.394 e. The smallest absolute Gasteiger partial charge is 0.245 e. The molecular formula is C24H26Cl2FN3O5. The summed E-state index contributed by atoms with van der Waals surface area (Å²) in [6.07, 6.45) is 0.708. The number of nitro groups is 1. The van der Waals surface area contributed by atoms with Crippen LogP contribution >= 0.6 is 23.2 Å². The Morgan fingerprint density at radius 3 is 2.71 bits per heavy atom. The lowest BCUT2D eigenvalue weighted by Crippen LogP contribution is -2.57. The van der Waals surface area contributed by atoms with Gasteiger partial charge in [0.2, 0.25) is 11.9 Å². The van der Waals surface area contributed by atoms with E-state index < -0.39 is 46.8 Å². The van der Waals surface area contributed by atoms with Crippen molar-refractivity contribution in [3.63, 3.8) is 0 Å². The monoisotopic (exact) mass is 525 g/mol. The third-order valence-corrected chi connectivity index (χ3v) is 7.63. The van der Waals surface area contributed by atoms with Crippen molar-refractivity contribution in [1.29, 1.82) is 0 Å². The minimum absolute atomic E-state index is 0.00212. The fraction of sp³-hybridized carbons (Fsp3) is 0.458. The van der Waals surface area contributed by atoms with E-state index in [2.05, 4.69) is 5.32 Å². The van der Waals surface area contributed by atoms with Crippen molar-refractivity contribution in [3.05, 3.63) is 74.0 Å². The molecule has 2 aromatic carbocycles. The van der Waals surface area contributed by atoms with Crippen LogP contribution in [0.15, 0.2) is 42.5 Å². The number of anilines is 1. The van der Waals surface area contributed by atoms with Gasteiger partial charge in [0.1, 0.15) is 17.4 Å². The highest BCUT2D eigenvalue weighted by Gasteiger charge is 2.66. The van der Waals surface area contributed by atoms with E-state index in [0.717, 1.165) is 0 Å². The Labute approximate surface area is 212 Å². The number of likely N-dealkylation sites (tertiary alicyclic amines) is 1. The van der Waals surface area contributed by atoms with Crippen molar-refractivity contribution in [1.82, 2.24) is 4.90 Å².